The average molecular weight is 344 g/mol. The zero-order valence-electron chi connectivity index (χ0n) is 8.97. The Morgan fingerprint density at radius 2 is 2.00 bits per heavy atom. The predicted molar refractivity (Wildman–Crippen MR) is 69.5 cm³/mol. The number of halogens is 4. The minimum absolute atomic E-state index is 0.0592. The third-order valence-corrected chi connectivity index (χ3v) is 3.25. The van der Waals surface area contributed by atoms with E-state index in [1.54, 1.807) is 6.92 Å². The maximum atomic E-state index is 13.2. The van der Waals surface area contributed by atoms with Crippen molar-refractivity contribution in [2.24, 2.45) is 0 Å². The fourth-order valence-corrected chi connectivity index (χ4v) is 2.29. The largest absolute Gasteiger partial charge is 0.465 e. The van der Waals surface area contributed by atoms with Crippen LogP contribution in [0.15, 0.2) is 12.1 Å². The Labute approximate surface area is 117 Å². The van der Waals surface area contributed by atoms with Gasteiger partial charge in [0.15, 0.2) is 5.82 Å². The molecule has 0 bridgehead atoms. The molecule has 0 aliphatic carbocycles. The molecule has 0 aliphatic rings. The molecule has 0 spiro atoms. The summed E-state index contributed by atoms with van der Waals surface area (Å²) in [5.74, 6) is -1.02. The summed E-state index contributed by atoms with van der Waals surface area (Å²) in [5.41, 5.74) is 0.663. The molecular formula is C11H10BrCl2FO2. The molecular weight excluding hydrogens is 334 g/mol. The van der Waals surface area contributed by atoms with Gasteiger partial charge in [-0.15, -0.1) is 0 Å². The molecule has 0 amide bonds. The van der Waals surface area contributed by atoms with E-state index in [4.69, 9.17) is 27.9 Å². The first-order chi connectivity index (χ1) is 7.95. The fraction of sp³-hybridized carbons (Fsp3) is 0.364. The van der Waals surface area contributed by atoms with Gasteiger partial charge in [0.25, 0.3) is 0 Å². The summed E-state index contributed by atoms with van der Waals surface area (Å²) in [6.45, 7) is 2.04. The molecule has 0 N–H and O–H groups in total. The van der Waals surface area contributed by atoms with Gasteiger partial charge in [-0.1, -0.05) is 39.1 Å². The minimum atomic E-state index is -0.653. The normalized spacial score (nSPS) is 12.3. The first-order valence-corrected chi connectivity index (χ1v) is 6.57. The summed E-state index contributed by atoms with van der Waals surface area (Å²) >= 11 is 14.5. The lowest BCUT2D eigenvalue weighted by molar-refractivity contribution is -0.142. The van der Waals surface area contributed by atoms with E-state index in [1.165, 1.54) is 12.1 Å². The van der Waals surface area contributed by atoms with Gasteiger partial charge >= 0.3 is 5.97 Å². The van der Waals surface area contributed by atoms with Crippen molar-refractivity contribution >= 4 is 45.1 Å². The molecule has 0 fully saturated rings. The molecule has 0 saturated heterocycles. The molecule has 1 aromatic rings. The molecule has 0 aromatic heterocycles. The summed E-state index contributed by atoms with van der Waals surface area (Å²) in [5, 5.41) is -0.118. The van der Waals surface area contributed by atoms with Gasteiger partial charge < -0.3 is 4.74 Å². The van der Waals surface area contributed by atoms with Crippen LogP contribution in [-0.4, -0.2) is 17.4 Å². The highest BCUT2D eigenvalue weighted by atomic mass is 79.9. The lowest BCUT2D eigenvalue weighted by Gasteiger charge is -2.10. The SMILES string of the molecule is CCOC(=O)C(Br)Cc1cc(Cl)c(F)c(Cl)c1. The average Bonchev–Trinajstić information content (AvgIpc) is 2.26. The maximum Gasteiger partial charge on any atom is 0.320 e. The number of ether oxygens (including phenoxy) is 1. The molecule has 94 valence electrons. The summed E-state index contributed by atoms with van der Waals surface area (Å²) in [7, 11) is 0. The highest BCUT2D eigenvalue weighted by Crippen LogP contribution is 2.26. The van der Waals surface area contributed by atoms with E-state index in [9.17, 15) is 9.18 Å². The standard InChI is InChI=1S/C11H10BrCl2FO2/c1-2-17-11(16)7(12)3-6-4-8(13)10(15)9(14)5-6/h4-5,7H,2-3H2,1H3. The van der Waals surface area contributed by atoms with Crippen LogP contribution in [0.5, 0.6) is 0 Å². The third kappa shape index (κ3) is 4.12. The highest BCUT2D eigenvalue weighted by molar-refractivity contribution is 9.10. The van der Waals surface area contributed by atoms with E-state index >= 15 is 0 Å². The molecule has 1 atom stereocenters. The van der Waals surface area contributed by atoms with Crippen molar-refractivity contribution in [2.45, 2.75) is 18.2 Å². The van der Waals surface area contributed by atoms with Crippen LogP contribution in [0.1, 0.15) is 12.5 Å². The molecule has 1 unspecified atom stereocenters. The van der Waals surface area contributed by atoms with E-state index in [0.29, 0.717) is 18.6 Å². The maximum absolute atomic E-state index is 13.2. The lowest BCUT2D eigenvalue weighted by atomic mass is 10.1. The van der Waals surface area contributed by atoms with Gasteiger partial charge in [-0.25, -0.2) is 4.39 Å². The smallest absolute Gasteiger partial charge is 0.320 e. The summed E-state index contributed by atoms with van der Waals surface area (Å²) in [6, 6.07) is 2.88. The van der Waals surface area contributed by atoms with Crippen molar-refractivity contribution in [3.8, 4) is 0 Å². The van der Waals surface area contributed by atoms with Crippen LogP contribution in [0.25, 0.3) is 0 Å². The van der Waals surface area contributed by atoms with Crippen LogP contribution in [0.2, 0.25) is 10.0 Å². The van der Waals surface area contributed by atoms with E-state index in [2.05, 4.69) is 15.9 Å². The van der Waals surface area contributed by atoms with E-state index < -0.39 is 10.6 Å². The quantitative estimate of drug-likeness (QED) is 0.469. The van der Waals surface area contributed by atoms with Crippen molar-refractivity contribution < 1.29 is 13.9 Å². The number of hydrogen-bond acceptors (Lipinski definition) is 2. The Kier molecular flexibility index (Phi) is 5.70. The molecule has 0 radical (unpaired) electrons. The van der Waals surface area contributed by atoms with Crippen molar-refractivity contribution in [1.29, 1.82) is 0 Å². The zero-order chi connectivity index (χ0) is 13.0. The number of hydrogen-bond donors (Lipinski definition) is 0. The molecule has 0 saturated carbocycles. The second-order valence-electron chi connectivity index (χ2n) is 3.30. The third-order valence-electron chi connectivity index (χ3n) is 2.00. The van der Waals surface area contributed by atoms with Crippen molar-refractivity contribution in [2.75, 3.05) is 6.61 Å². The van der Waals surface area contributed by atoms with Gasteiger partial charge in [-0.05, 0) is 31.0 Å². The summed E-state index contributed by atoms with van der Waals surface area (Å²) < 4.78 is 18.0. The second-order valence-corrected chi connectivity index (χ2v) is 5.22. The van der Waals surface area contributed by atoms with Gasteiger partial charge in [0.1, 0.15) is 4.83 Å². The van der Waals surface area contributed by atoms with Gasteiger partial charge in [-0.3, -0.25) is 4.79 Å². The van der Waals surface area contributed by atoms with Crippen molar-refractivity contribution in [3.63, 3.8) is 0 Å². The van der Waals surface area contributed by atoms with E-state index in [1.807, 2.05) is 0 Å². The minimum Gasteiger partial charge on any atom is -0.465 e. The Hall–Kier alpha value is -0.320. The number of carbonyl (C=O) groups excluding carboxylic acids is 1. The molecule has 17 heavy (non-hydrogen) atoms. The van der Waals surface area contributed by atoms with E-state index in [0.717, 1.165) is 0 Å². The van der Waals surface area contributed by atoms with Crippen molar-refractivity contribution in [3.05, 3.63) is 33.6 Å². The molecule has 0 heterocycles. The molecule has 1 rings (SSSR count). The van der Waals surface area contributed by atoms with E-state index in [-0.39, 0.29) is 16.0 Å². The van der Waals surface area contributed by atoms with Gasteiger partial charge in [0, 0.05) is 0 Å². The monoisotopic (exact) mass is 342 g/mol. The predicted octanol–water partition coefficient (Wildman–Crippen LogP) is 4.00. The topological polar surface area (TPSA) is 26.3 Å². The Morgan fingerprint density at radius 1 is 1.47 bits per heavy atom. The number of benzene rings is 1. The number of carbonyl (C=O) groups is 1. The van der Waals surface area contributed by atoms with Gasteiger partial charge in [-0.2, -0.15) is 0 Å². The number of rotatable bonds is 4. The van der Waals surface area contributed by atoms with Gasteiger partial charge in [0.05, 0.1) is 16.7 Å². The van der Waals surface area contributed by atoms with Crippen LogP contribution in [0.4, 0.5) is 4.39 Å². The summed E-state index contributed by atoms with van der Waals surface area (Å²) in [4.78, 5) is 10.9. The number of alkyl halides is 1. The first kappa shape index (κ1) is 14.7. The van der Waals surface area contributed by atoms with Crippen LogP contribution >= 0.6 is 39.1 Å². The molecule has 0 aliphatic heterocycles. The second kappa shape index (κ2) is 6.57. The summed E-state index contributed by atoms with van der Waals surface area (Å²) in [6.07, 6.45) is 0.332. The lowest BCUT2D eigenvalue weighted by Crippen LogP contribution is -2.19. The van der Waals surface area contributed by atoms with Crippen LogP contribution in [0.3, 0.4) is 0 Å². The van der Waals surface area contributed by atoms with Crippen molar-refractivity contribution in [1.82, 2.24) is 0 Å². The molecule has 6 heteroatoms. The Morgan fingerprint density at radius 3 is 2.47 bits per heavy atom. The first-order valence-electron chi connectivity index (χ1n) is 4.89. The van der Waals surface area contributed by atoms with Crippen LogP contribution in [-0.2, 0) is 16.0 Å². The van der Waals surface area contributed by atoms with Gasteiger partial charge in [0.2, 0.25) is 0 Å². The Balaban J connectivity index is 2.78. The zero-order valence-corrected chi connectivity index (χ0v) is 12.1. The molecule has 1 aromatic carbocycles. The van der Waals surface area contributed by atoms with Crippen LogP contribution in [0, 0.1) is 5.82 Å². The highest BCUT2D eigenvalue weighted by Gasteiger charge is 2.18. The van der Waals surface area contributed by atoms with Crippen LogP contribution < -0.4 is 0 Å². The number of esters is 1. The Bertz CT molecular complexity index is 403. The fourth-order valence-electron chi connectivity index (χ4n) is 1.25. The molecule has 2 nitrogen and oxygen atoms in total.